The molecular weight excluding hydrogens is 246 g/mol. The van der Waals surface area contributed by atoms with E-state index in [2.05, 4.69) is 21.8 Å². The molecule has 19 heavy (non-hydrogen) atoms. The second kappa shape index (κ2) is 6.08. The lowest BCUT2D eigenvalue weighted by molar-refractivity contribution is -0.0596. The SMILES string of the molecule is CCC1COC(C)CN1Cc1ncncc1C(=O)O. The van der Waals surface area contributed by atoms with Crippen LogP contribution in [0.4, 0.5) is 0 Å². The standard InChI is InChI=1S/C13H19N3O3/c1-3-10-7-19-9(2)5-16(10)6-12-11(13(17)18)4-14-8-15-12/h4,8-10H,3,5-7H2,1-2H3,(H,17,18). The highest BCUT2D eigenvalue weighted by Gasteiger charge is 2.27. The van der Waals surface area contributed by atoms with Crippen LogP contribution in [0.15, 0.2) is 12.5 Å². The van der Waals surface area contributed by atoms with Crippen LogP contribution < -0.4 is 0 Å². The summed E-state index contributed by atoms with van der Waals surface area (Å²) in [6.07, 6.45) is 3.89. The quantitative estimate of drug-likeness (QED) is 0.881. The van der Waals surface area contributed by atoms with Crippen LogP contribution in [0.2, 0.25) is 0 Å². The van der Waals surface area contributed by atoms with E-state index >= 15 is 0 Å². The zero-order valence-corrected chi connectivity index (χ0v) is 11.2. The molecule has 0 aromatic carbocycles. The molecule has 1 aliphatic heterocycles. The number of nitrogens with zero attached hydrogens (tertiary/aromatic N) is 3. The zero-order chi connectivity index (χ0) is 13.8. The molecular formula is C13H19N3O3. The molecule has 2 atom stereocenters. The van der Waals surface area contributed by atoms with Crippen molar-refractivity contribution >= 4 is 5.97 Å². The van der Waals surface area contributed by atoms with Crippen LogP contribution in [0.25, 0.3) is 0 Å². The first-order valence-corrected chi connectivity index (χ1v) is 6.49. The fraction of sp³-hybridized carbons (Fsp3) is 0.615. The molecule has 0 spiro atoms. The molecule has 6 nitrogen and oxygen atoms in total. The molecule has 0 amide bonds. The van der Waals surface area contributed by atoms with Gasteiger partial charge in [0.15, 0.2) is 0 Å². The second-order valence-electron chi connectivity index (χ2n) is 4.82. The zero-order valence-electron chi connectivity index (χ0n) is 11.2. The third kappa shape index (κ3) is 3.27. The number of aromatic carboxylic acids is 1. The Bertz CT molecular complexity index is 453. The Morgan fingerprint density at radius 3 is 3.11 bits per heavy atom. The summed E-state index contributed by atoms with van der Waals surface area (Å²) >= 11 is 0. The third-order valence-corrected chi connectivity index (χ3v) is 3.43. The van der Waals surface area contributed by atoms with E-state index in [1.165, 1.54) is 12.5 Å². The molecule has 2 rings (SSSR count). The number of carbonyl (C=O) groups is 1. The number of carboxylic acid groups (broad SMARTS) is 1. The molecule has 2 unspecified atom stereocenters. The van der Waals surface area contributed by atoms with Crippen molar-refractivity contribution in [2.24, 2.45) is 0 Å². The Labute approximate surface area is 112 Å². The van der Waals surface area contributed by atoms with E-state index in [4.69, 9.17) is 9.84 Å². The predicted molar refractivity (Wildman–Crippen MR) is 68.9 cm³/mol. The van der Waals surface area contributed by atoms with Crippen LogP contribution in [-0.4, -0.2) is 51.2 Å². The van der Waals surface area contributed by atoms with Gasteiger partial charge in [-0.1, -0.05) is 6.92 Å². The van der Waals surface area contributed by atoms with Crippen LogP contribution >= 0.6 is 0 Å². The van der Waals surface area contributed by atoms with Crippen LogP contribution in [0.3, 0.4) is 0 Å². The Morgan fingerprint density at radius 2 is 2.42 bits per heavy atom. The van der Waals surface area contributed by atoms with Gasteiger partial charge in [-0.25, -0.2) is 14.8 Å². The lowest BCUT2D eigenvalue weighted by Crippen LogP contribution is -2.48. The van der Waals surface area contributed by atoms with Gasteiger partial charge in [0.2, 0.25) is 0 Å². The van der Waals surface area contributed by atoms with Crippen LogP contribution in [0.5, 0.6) is 0 Å². The van der Waals surface area contributed by atoms with Gasteiger partial charge in [-0.2, -0.15) is 0 Å². The average Bonchev–Trinajstić information content (AvgIpc) is 2.39. The van der Waals surface area contributed by atoms with E-state index in [-0.39, 0.29) is 11.7 Å². The van der Waals surface area contributed by atoms with Gasteiger partial charge in [0, 0.05) is 25.3 Å². The molecule has 1 aromatic heterocycles. The number of rotatable bonds is 4. The van der Waals surface area contributed by atoms with Crippen molar-refractivity contribution in [2.45, 2.75) is 39.0 Å². The third-order valence-electron chi connectivity index (χ3n) is 3.43. The summed E-state index contributed by atoms with van der Waals surface area (Å²) in [5.74, 6) is -0.982. The summed E-state index contributed by atoms with van der Waals surface area (Å²) < 4.78 is 5.64. The van der Waals surface area contributed by atoms with E-state index < -0.39 is 5.97 Å². The molecule has 6 heteroatoms. The Balaban J connectivity index is 2.17. The van der Waals surface area contributed by atoms with Crippen molar-refractivity contribution in [3.05, 3.63) is 23.8 Å². The number of hydrogen-bond donors (Lipinski definition) is 1. The highest BCUT2D eigenvalue weighted by atomic mass is 16.5. The Kier molecular flexibility index (Phi) is 4.44. The fourth-order valence-corrected chi connectivity index (χ4v) is 2.33. The van der Waals surface area contributed by atoms with E-state index in [0.717, 1.165) is 13.0 Å². The molecule has 2 heterocycles. The van der Waals surface area contributed by atoms with Gasteiger partial charge in [0.05, 0.1) is 18.4 Å². The molecule has 0 bridgehead atoms. The Hall–Kier alpha value is -1.53. The molecule has 0 aliphatic carbocycles. The summed E-state index contributed by atoms with van der Waals surface area (Å²) in [5.41, 5.74) is 0.742. The average molecular weight is 265 g/mol. The summed E-state index contributed by atoms with van der Waals surface area (Å²) in [6.45, 7) is 6.13. The van der Waals surface area contributed by atoms with Gasteiger partial charge in [-0.15, -0.1) is 0 Å². The van der Waals surface area contributed by atoms with Gasteiger partial charge in [0.25, 0.3) is 0 Å². The summed E-state index contributed by atoms with van der Waals surface area (Å²) in [7, 11) is 0. The second-order valence-corrected chi connectivity index (χ2v) is 4.82. The molecule has 1 saturated heterocycles. The number of aromatic nitrogens is 2. The molecule has 1 aromatic rings. The summed E-state index contributed by atoms with van der Waals surface area (Å²) in [4.78, 5) is 21.3. The maximum absolute atomic E-state index is 11.2. The normalized spacial score (nSPS) is 24.3. The number of hydrogen-bond acceptors (Lipinski definition) is 5. The molecule has 1 aliphatic rings. The van der Waals surface area contributed by atoms with Crippen LogP contribution in [-0.2, 0) is 11.3 Å². The number of ether oxygens (including phenoxy) is 1. The predicted octanol–water partition coefficient (Wildman–Crippen LogP) is 1.17. The smallest absolute Gasteiger partial charge is 0.339 e. The van der Waals surface area contributed by atoms with Gasteiger partial charge in [-0.3, -0.25) is 4.90 Å². The summed E-state index contributed by atoms with van der Waals surface area (Å²) in [5, 5.41) is 9.15. The van der Waals surface area contributed by atoms with Gasteiger partial charge in [-0.05, 0) is 13.3 Å². The first-order chi connectivity index (χ1) is 9.11. The number of carboxylic acids is 1. The van der Waals surface area contributed by atoms with Crippen molar-refractivity contribution in [3.63, 3.8) is 0 Å². The maximum Gasteiger partial charge on any atom is 0.339 e. The largest absolute Gasteiger partial charge is 0.478 e. The van der Waals surface area contributed by atoms with Crippen LogP contribution in [0, 0.1) is 0 Å². The monoisotopic (exact) mass is 265 g/mol. The maximum atomic E-state index is 11.2. The van der Waals surface area contributed by atoms with E-state index in [9.17, 15) is 4.79 Å². The van der Waals surface area contributed by atoms with Crippen molar-refractivity contribution in [1.29, 1.82) is 0 Å². The molecule has 1 fully saturated rings. The van der Waals surface area contributed by atoms with E-state index in [1.807, 2.05) is 6.92 Å². The molecule has 1 N–H and O–H groups in total. The van der Waals surface area contributed by atoms with E-state index in [0.29, 0.717) is 24.9 Å². The molecule has 104 valence electrons. The lowest BCUT2D eigenvalue weighted by Gasteiger charge is -2.38. The van der Waals surface area contributed by atoms with Crippen molar-refractivity contribution < 1.29 is 14.6 Å². The van der Waals surface area contributed by atoms with Crippen LogP contribution in [0.1, 0.15) is 36.3 Å². The first kappa shape index (κ1) is 13.9. The highest BCUT2D eigenvalue weighted by Crippen LogP contribution is 2.18. The fourth-order valence-electron chi connectivity index (χ4n) is 2.33. The van der Waals surface area contributed by atoms with Crippen molar-refractivity contribution in [3.8, 4) is 0 Å². The molecule has 0 saturated carbocycles. The summed E-state index contributed by atoms with van der Waals surface area (Å²) in [6, 6.07) is 0.313. The van der Waals surface area contributed by atoms with E-state index in [1.54, 1.807) is 0 Å². The first-order valence-electron chi connectivity index (χ1n) is 6.49. The van der Waals surface area contributed by atoms with Gasteiger partial charge in [0.1, 0.15) is 11.9 Å². The minimum absolute atomic E-state index is 0.165. The topological polar surface area (TPSA) is 75.5 Å². The van der Waals surface area contributed by atoms with Gasteiger partial charge >= 0.3 is 5.97 Å². The molecule has 0 radical (unpaired) electrons. The minimum atomic E-state index is -0.982. The Morgan fingerprint density at radius 1 is 1.63 bits per heavy atom. The minimum Gasteiger partial charge on any atom is -0.478 e. The highest BCUT2D eigenvalue weighted by molar-refractivity contribution is 5.88. The van der Waals surface area contributed by atoms with Crippen molar-refractivity contribution in [1.82, 2.24) is 14.9 Å². The number of morpholine rings is 1. The van der Waals surface area contributed by atoms with Gasteiger partial charge < -0.3 is 9.84 Å². The van der Waals surface area contributed by atoms with Crippen molar-refractivity contribution in [2.75, 3.05) is 13.2 Å². The lowest BCUT2D eigenvalue weighted by atomic mass is 10.1.